The molecule has 0 N–H and O–H groups in total. The fourth-order valence-corrected chi connectivity index (χ4v) is 1.33. The van der Waals surface area contributed by atoms with Gasteiger partial charge in [0.25, 0.3) is 0 Å². The molecule has 2 rings (SSSR count). The summed E-state index contributed by atoms with van der Waals surface area (Å²) in [7, 11) is 0. The Morgan fingerprint density at radius 1 is 1.00 bits per heavy atom. The summed E-state index contributed by atoms with van der Waals surface area (Å²) < 4.78 is 25.5. The molecule has 0 aliphatic carbocycles. The summed E-state index contributed by atoms with van der Waals surface area (Å²) >= 11 is 0. The molecule has 0 bridgehead atoms. The lowest BCUT2D eigenvalue weighted by molar-refractivity contribution is 0.132. The highest BCUT2D eigenvalue weighted by Gasteiger charge is 2.02. The van der Waals surface area contributed by atoms with Crippen molar-refractivity contribution in [3.63, 3.8) is 0 Å². The summed E-state index contributed by atoms with van der Waals surface area (Å²) in [5.41, 5.74) is 1.29. The van der Waals surface area contributed by atoms with Crippen molar-refractivity contribution >= 4 is 6.21 Å². The zero-order valence-electron chi connectivity index (χ0n) is 9.44. The number of halogens is 2. The van der Waals surface area contributed by atoms with Gasteiger partial charge >= 0.3 is 0 Å². The second-order valence-corrected chi connectivity index (χ2v) is 3.59. The van der Waals surface area contributed by atoms with Crippen LogP contribution in [0, 0.1) is 11.6 Å². The van der Waals surface area contributed by atoms with Crippen molar-refractivity contribution in [3.8, 4) is 0 Å². The van der Waals surface area contributed by atoms with Gasteiger partial charge in [0.15, 0.2) is 11.6 Å². The Kier molecular flexibility index (Phi) is 4.02. The summed E-state index contributed by atoms with van der Waals surface area (Å²) in [6.07, 6.45) is 2.68. The van der Waals surface area contributed by atoms with Crippen molar-refractivity contribution in [2.24, 2.45) is 5.16 Å². The second kappa shape index (κ2) is 5.91. The number of rotatable bonds is 4. The third kappa shape index (κ3) is 3.38. The van der Waals surface area contributed by atoms with Gasteiger partial charge in [-0.3, -0.25) is 0 Å². The molecule has 91 valence electrons. The third-order valence-corrected chi connectivity index (χ3v) is 2.23. The van der Waals surface area contributed by atoms with E-state index in [0.717, 1.165) is 17.7 Å². The molecule has 0 saturated carbocycles. The number of nitrogens with zero attached hydrogens (tertiary/aromatic N) is 1. The van der Waals surface area contributed by atoms with Crippen LogP contribution in [0.3, 0.4) is 0 Å². The molecule has 2 nitrogen and oxygen atoms in total. The predicted molar refractivity (Wildman–Crippen MR) is 64.1 cm³/mol. The Morgan fingerprint density at radius 3 is 2.50 bits per heavy atom. The Balaban J connectivity index is 1.89. The minimum atomic E-state index is -0.896. The van der Waals surface area contributed by atoms with Crippen LogP contribution in [0.2, 0.25) is 0 Å². The lowest BCUT2D eigenvalue weighted by Gasteiger charge is -2.00. The van der Waals surface area contributed by atoms with Crippen molar-refractivity contribution in [1.82, 2.24) is 0 Å². The SMILES string of the molecule is Fc1ccc(CO/N=[C]\c2ccccc2)cc1F. The summed E-state index contributed by atoms with van der Waals surface area (Å²) in [5.74, 6) is -1.77. The normalized spacial score (nSPS) is 10.8. The molecule has 0 fully saturated rings. The predicted octanol–water partition coefficient (Wildman–Crippen LogP) is 3.39. The maximum Gasteiger partial charge on any atom is 0.159 e. The molecule has 0 aliphatic heterocycles. The molecular formula is C14H10F2NO. The van der Waals surface area contributed by atoms with Crippen LogP contribution in [-0.2, 0) is 11.4 Å². The highest BCUT2D eigenvalue weighted by atomic mass is 19.2. The standard InChI is InChI=1S/C14H10F2NO/c15-13-7-6-12(8-14(13)16)10-18-17-9-11-4-2-1-3-5-11/h1-8H,10H2. The van der Waals surface area contributed by atoms with Gasteiger partial charge in [0.1, 0.15) is 12.8 Å². The van der Waals surface area contributed by atoms with E-state index >= 15 is 0 Å². The quantitative estimate of drug-likeness (QED) is 0.598. The van der Waals surface area contributed by atoms with Gasteiger partial charge in [0.2, 0.25) is 0 Å². The molecule has 0 saturated heterocycles. The first-order chi connectivity index (χ1) is 8.75. The largest absolute Gasteiger partial charge is 0.390 e. The zero-order valence-corrected chi connectivity index (χ0v) is 9.44. The van der Waals surface area contributed by atoms with Crippen molar-refractivity contribution in [3.05, 3.63) is 71.3 Å². The van der Waals surface area contributed by atoms with E-state index in [-0.39, 0.29) is 6.61 Å². The molecule has 0 aromatic heterocycles. The maximum absolute atomic E-state index is 12.9. The molecule has 0 unspecified atom stereocenters. The van der Waals surface area contributed by atoms with E-state index in [9.17, 15) is 8.78 Å². The molecule has 18 heavy (non-hydrogen) atoms. The smallest absolute Gasteiger partial charge is 0.159 e. The molecule has 2 aromatic rings. The van der Waals surface area contributed by atoms with Gasteiger partial charge in [0.05, 0.1) is 0 Å². The van der Waals surface area contributed by atoms with Gasteiger partial charge in [-0.2, -0.15) is 0 Å². The van der Waals surface area contributed by atoms with Crippen LogP contribution in [0.5, 0.6) is 0 Å². The summed E-state index contributed by atoms with van der Waals surface area (Å²) in [6, 6.07) is 12.8. The Hall–Kier alpha value is -2.23. The molecule has 0 amide bonds. The van der Waals surface area contributed by atoms with Gasteiger partial charge < -0.3 is 4.84 Å². The molecule has 0 heterocycles. The van der Waals surface area contributed by atoms with E-state index in [0.29, 0.717) is 5.56 Å². The van der Waals surface area contributed by atoms with Crippen LogP contribution in [0.15, 0.2) is 53.7 Å². The lowest BCUT2D eigenvalue weighted by Crippen LogP contribution is -1.91. The van der Waals surface area contributed by atoms with Crippen molar-refractivity contribution in [1.29, 1.82) is 0 Å². The third-order valence-electron chi connectivity index (χ3n) is 2.23. The van der Waals surface area contributed by atoms with Crippen LogP contribution in [0.4, 0.5) is 8.78 Å². The average Bonchev–Trinajstić information content (AvgIpc) is 2.40. The van der Waals surface area contributed by atoms with E-state index in [1.807, 2.05) is 30.3 Å². The molecule has 0 atom stereocenters. The molecule has 2 aromatic carbocycles. The molecule has 4 heteroatoms. The lowest BCUT2D eigenvalue weighted by atomic mass is 10.2. The van der Waals surface area contributed by atoms with E-state index < -0.39 is 11.6 Å². The molecule has 0 spiro atoms. The number of hydrogen-bond acceptors (Lipinski definition) is 2. The first kappa shape index (κ1) is 12.2. The van der Waals surface area contributed by atoms with E-state index in [1.165, 1.54) is 6.07 Å². The molecule has 1 radical (unpaired) electrons. The van der Waals surface area contributed by atoms with Crippen molar-refractivity contribution < 1.29 is 13.6 Å². The maximum atomic E-state index is 12.9. The average molecular weight is 246 g/mol. The van der Waals surface area contributed by atoms with E-state index in [2.05, 4.69) is 11.4 Å². The van der Waals surface area contributed by atoms with Crippen LogP contribution < -0.4 is 0 Å². The second-order valence-electron chi connectivity index (χ2n) is 3.59. The van der Waals surface area contributed by atoms with Crippen LogP contribution in [-0.4, -0.2) is 6.21 Å². The fourth-order valence-electron chi connectivity index (χ4n) is 1.33. The molecular weight excluding hydrogens is 236 g/mol. The highest BCUT2D eigenvalue weighted by Crippen LogP contribution is 2.09. The fraction of sp³-hybridized carbons (Fsp3) is 0.0714. The monoisotopic (exact) mass is 246 g/mol. The van der Waals surface area contributed by atoms with Gasteiger partial charge in [-0.05, 0) is 17.7 Å². The highest BCUT2D eigenvalue weighted by molar-refractivity contribution is 5.78. The summed E-state index contributed by atoms with van der Waals surface area (Å²) in [6.45, 7) is 0.0665. The first-order valence-electron chi connectivity index (χ1n) is 5.33. The topological polar surface area (TPSA) is 21.6 Å². The van der Waals surface area contributed by atoms with Crippen molar-refractivity contribution in [2.45, 2.75) is 6.61 Å². The first-order valence-corrected chi connectivity index (χ1v) is 5.33. The zero-order chi connectivity index (χ0) is 12.8. The Labute approximate surface area is 104 Å². The van der Waals surface area contributed by atoms with Gasteiger partial charge in [0, 0.05) is 5.56 Å². The van der Waals surface area contributed by atoms with Gasteiger partial charge in [-0.25, -0.2) is 8.78 Å². The Morgan fingerprint density at radius 2 is 1.78 bits per heavy atom. The Bertz CT molecular complexity index is 541. The van der Waals surface area contributed by atoms with Gasteiger partial charge in [-0.1, -0.05) is 41.6 Å². The minimum absolute atomic E-state index is 0.0665. The molecule has 0 aliphatic rings. The summed E-state index contributed by atoms with van der Waals surface area (Å²) in [4.78, 5) is 4.94. The van der Waals surface area contributed by atoms with Crippen molar-refractivity contribution in [2.75, 3.05) is 0 Å². The van der Waals surface area contributed by atoms with E-state index in [1.54, 1.807) is 0 Å². The van der Waals surface area contributed by atoms with Gasteiger partial charge in [-0.15, -0.1) is 0 Å². The van der Waals surface area contributed by atoms with Crippen LogP contribution in [0.1, 0.15) is 11.1 Å². The minimum Gasteiger partial charge on any atom is -0.390 e. The number of benzene rings is 2. The van der Waals surface area contributed by atoms with Crippen LogP contribution in [0.25, 0.3) is 0 Å². The van der Waals surface area contributed by atoms with Crippen LogP contribution >= 0.6 is 0 Å². The van der Waals surface area contributed by atoms with E-state index in [4.69, 9.17) is 4.84 Å². The summed E-state index contributed by atoms with van der Waals surface area (Å²) in [5, 5.41) is 3.62. The number of hydrogen-bond donors (Lipinski definition) is 0.